The molecule has 1 aromatic carbocycles. The first-order valence-electron chi connectivity index (χ1n) is 7.82. The van der Waals surface area contributed by atoms with Crippen LogP contribution < -0.4 is 5.73 Å². The first-order chi connectivity index (χ1) is 10.7. The van der Waals surface area contributed by atoms with E-state index in [-0.39, 0.29) is 5.97 Å². The standard InChI is InChI=1S/C18H21NO2S/c1-2-10-21-18(20)16-14-9-8-13(11-15(14)22-17(16)19)12-6-4-3-5-7-12/h3-7,13H,2,8-11,19H2,1H3/t13-/m0/s1. The van der Waals surface area contributed by atoms with E-state index in [4.69, 9.17) is 10.5 Å². The quantitative estimate of drug-likeness (QED) is 0.862. The summed E-state index contributed by atoms with van der Waals surface area (Å²) in [6.45, 7) is 2.44. The van der Waals surface area contributed by atoms with Gasteiger partial charge in [-0.25, -0.2) is 4.79 Å². The number of thiophene rings is 1. The predicted molar refractivity (Wildman–Crippen MR) is 90.5 cm³/mol. The number of hydrogen-bond donors (Lipinski definition) is 1. The van der Waals surface area contributed by atoms with Gasteiger partial charge in [0.1, 0.15) is 5.00 Å². The van der Waals surface area contributed by atoms with Gasteiger partial charge in [0.05, 0.1) is 12.2 Å². The number of fused-ring (bicyclic) bond motifs is 1. The number of benzene rings is 1. The van der Waals surface area contributed by atoms with Crippen LogP contribution in [-0.2, 0) is 17.6 Å². The summed E-state index contributed by atoms with van der Waals surface area (Å²) in [5, 5.41) is 0.611. The topological polar surface area (TPSA) is 52.3 Å². The highest BCUT2D eigenvalue weighted by molar-refractivity contribution is 7.16. The smallest absolute Gasteiger partial charge is 0.341 e. The molecule has 3 rings (SSSR count). The average Bonchev–Trinajstić information content (AvgIpc) is 2.88. The highest BCUT2D eigenvalue weighted by Gasteiger charge is 2.29. The van der Waals surface area contributed by atoms with Gasteiger partial charge >= 0.3 is 5.97 Å². The van der Waals surface area contributed by atoms with Crippen LogP contribution in [-0.4, -0.2) is 12.6 Å². The number of anilines is 1. The molecule has 2 aromatic rings. The normalized spacial score (nSPS) is 17.0. The number of carbonyl (C=O) groups excluding carboxylic acids is 1. The lowest BCUT2D eigenvalue weighted by molar-refractivity contribution is 0.0505. The highest BCUT2D eigenvalue weighted by atomic mass is 32.1. The van der Waals surface area contributed by atoms with E-state index in [0.717, 1.165) is 31.2 Å². The molecule has 2 N–H and O–H groups in total. The molecule has 0 aliphatic heterocycles. The van der Waals surface area contributed by atoms with E-state index >= 15 is 0 Å². The van der Waals surface area contributed by atoms with Crippen LogP contribution in [0, 0.1) is 0 Å². The van der Waals surface area contributed by atoms with Crippen molar-refractivity contribution in [3.63, 3.8) is 0 Å². The molecule has 1 aliphatic carbocycles. The van der Waals surface area contributed by atoms with Crippen LogP contribution in [0.15, 0.2) is 30.3 Å². The van der Waals surface area contributed by atoms with E-state index < -0.39 is 0 Å². The van der Waals surface area contributed by atoms with Gasteiger partial charge in [-0.1, -0.05) is 37.3 Å². The van der Waals surface area contributed by atoms with Gasteiger partial charge in [0.2, 0.25) is 0 Å². The molecule has 0 amide bonds. The minimum Gasteiger partial charge on any atom is -0.462 e. The molecule has 1 aromatic heterocycles. The molecule has 3 nitrogen and oxygen atoms in total. The van der Waals surface area contributed by atoms with Gasteiger partial charge in [-0.2, -0.15) is 0 Å². The van der Waals surface area contributed by atoms with E-state index in [1.165, 1.54) is 10.4 Å². The van der Waals surface area contributed by atoms with Crippen molar-refractivity contribution in [2.24, 2.45) is 0 Å². The maximum atomic E-state index is 12.2. The summed E-state index contributed by atoms with van der Waals surface area (Å²) in [6.07, 6.45) is 3.75. The zero-order valence-corrected chi connectivity index (χ0v) is 13.6. The van der Waals surface area contributed by atoms with Gasteiger partial charge in [0.25, 0.3) is 0 Å². The number of carbonyl (C=O) groups is 1. The average molecular weight is 315 g/mol. The molecule has 1 atom stereocenters. The lowest BCUT2D eigenvalue weighted by Crippen LogP contribution is -2.15. The number of esters is 1. The lowest BCUT2D eigenvalue weighted by Gasteiger charge is -2.23. The summed E-state index contributed by atoms with van der Waals surface area (Å²) < 4.78 is 5.28. The molecule has 0 spiro atoms. The Labute approximate surface area is 135 Å². The van der Waals surface area contributed by atoms with Crippen molar-refractivity contribution in [2.45, 2.75) is 38.5 Å². The fraction of sp³-hybridized carbons (Fsp3) is 0.389. The third-order valence-corrected chi connectivity index (χ3v) is 5.29. The van der Waals surface area contributed by atoms with Crippen molar-refractivity contribution in [3.05, 3.63) is 51.9 Å². The molecular formula is C18H21NO2S. The Hall–Kier alpha value is -1.81. The number of nitrogens with two attached hydrogens (primary N) is 1. The van der Waals surface area contributed by atoms with Gasteiger partial charge in [-0.3, -0.25) is 0 Å². The highest BCUT2D eigenvalue weighted by Crippen LogP contribution is 2.41. The number of hydrogen-bond acceptors (Lipinski definition) is 4. The SMILES string of the molecule is CCCOC(=O)c1c(N)sc2c1CC[C@H](c1ccccc1)C2. The summed E-state index contributed by atoms with van der Waals surface area (Å²) in [5.74, 6) is 0.265. The van der Waals surface area contributed by atoms with E-state index in [1.807, 2.05) is 13.0 Å². The van der Waals surface area contributed by atoms with Gasteiger partial charge < -0.3 is 10.5 Å². The second-order valence-electron chi connectivity index (χ2n) is 5.73. The molecule has 116 valence electrons. The molecule has 0 radical (unpaired) electrons. The van der Waals surface area contributed by atoms with Gasteiger partial charge in [0.15, 0.2) is 0 Å². The van der Waals surface area contributed by atoms with Gasteiger partial charge in [0, 0.05) is 4.88 Å². The Bertz CT molecular complexity index is 663. The number of ether oxygens (including phenoxy) is 1. The lowest BCUT2D eigenvalue weighted by atomic mass is 9.83. The second-order valence-corrected chi connectivity index (χ2v) is 6.87. The molecule has 22 heavy (non-hydrogen) atoms. The summed E-state index contributed by atoms with van der Waals surface area (Å²) in [5.41, 5.74) is 9.21. The molecule has 1 heterocycles. The minimum atomic E-state index is -0.255. The van der Waals surface area contributed by atoms with Crippen molar-refractivity contribution in [2.75, 3.05) is 12.3 Å². The largest absolute Gasteiger partial charge is 0.462 e. The molecular weight excluding hydrogens is 294 g/mol. The summed E-state index contributed by atoms with van der Waals surface area (Å²) in [7, 11) is 0. The van der Waals surface area contributed by atoms with Crippen molar-refractivity contribution in [1.29, 1.82) is 0 Å². The Morgan fingerprint density at radius 3 is 2.86 bits per heavy atom. The Morgan fingerprint density at radius 2 is 2.14 bits per heavy atom. The van der Waals surface area contributed by atoms with Gasteiger partial charge in [-0.05, 0) is 42.7 Å². The molecule has 0 saturated heterocycles. The monoisotopic (exact) mass is 315 g/mol. The molecule has 0 bridgehead atoms. The predicted octanol–water partition coefficient (Wildman–Crippen LogP) is 4.17. The minimum absolute atomic E-state index is 0.255. The van der Waals surface area contributed by atoms with Crippen LogP contribution in [0.1, 0.15) is 52.0 Å². The van der Waals surface area contributed by atoms with E-state index in [2.05, 4.69) is 24.3 Å². The van der Waals surface area contributed by atoms with Crippen LogP contribution in [0.5, 0.6) is 0 Å². The maximum absolute atomic E-state index is 12.2. The van der Waals surface area contributed by atoms with Crippen molar-refractivity contribution < 1.29 is 9.53 Å². The van der Waals surface area contributed by atoms with Crippen LogP contribution in [0.25, 0.3) is 0 Å². The second kappa shape index (κ2) is 6.53. The number of nitrogen functional groups attached to an aromatic ring is 1. The maximum Gasteiger partial charge on any atom is 0.341 e. The third kappa shape index (κ3) is 2.88. The summed E-state index contributed by atoms with van der Waals surface area (Å²) in [6, 6.07) is 10.6. The Morgan fingerprint density at radius 1 is 1.36 bits per heavy atom. The summed E-state index contributed by atoms with van der Waals surface area (Å²) >= 11 is 1.55. The molecule has 4 heteroatoms. The zero-order chi connectivity index (χ0) is 15.5. The molecule has 0 unspecified atom stereocenters. The van der Waals surface area contributed by atoms with Crippen LogP contribution >= 0.6 is 11.3 Å². The Kier molecular flexibility index (Phi) is 4.48. The molecule has 0 saturated carbocycles. The fourth-order valence-corrected chi connectivity index (χ4v) is 4.29. The zero-order valence-electron chi connectivity index (χ0n) is 12.8. The van der Waals surface area contributed by atoms with Gasteiger partial charge in [-0.15, -0.1) is 11.3 Å². The molecule has 1 aliphatic rings. The van der Waals surface area contributed by atoms with Crippen LogP contribution in [0.3, 0.4) is 0 Å². The van der Waals surface area contributed by atoms with Crippen molar-refractivity contribution >= 4 is 22.3 Å². The van der Waals surface area contributed by atoms with Crippen LogP contribution in [0.4, 0.5) is 5.00 Å². The molecule has 0 fully saturated rings. The van der Waals surface area contributed by atoms with E-state index in [9.17, 15) is 4.79 Å². The Balaban J connectivity index is 1.83. The first kappa shape index (κ1) is 15.1. The van der Waals surface area contributed by atoms with E-state index in [1.54, 1.807) is 11.3 Å². The van der Waals surface area contributed by atoms with Crippen LogP contribution in [0.2, 0.25) is 0 Å². The third-order valence-electron chi connectivity index (χ3n) is 4.20. The van der Waals surface area contributed by atoms with E-state index in [0.29, 0.717) is 23.1 Å². The number of rotatable bonds is 4. The first-order valence-corrected chi connectivity index (χ1v) is 8.64. The fourth-order valence-electron chi connectivity index (χ4n) is 3.11. The van der Waals surface area contributed by atoms with Crippen molar-refractivity contribution in [3.8, 4) is 0 Å². The summed E-state index contributed by atoms with van der Waals surface area (Å²) in [4.78, 5) is 13.5. The van der Waals surface area contributed by atoms with Crippen molar-refractivity contribution in [1.82, 2.24) is 0 Å².